The van der Waals surface area contributed by atoms with Crippen LogP contribution >= 0.6 is 11.3 Å². The van der Waals surface area contributed by atoms with Crippen LogP contribution in [0.2, 0.25) is 0 Å². The van der Waals surface area contributed by atoms with Crippen molar-refractivity contribution in [3.05, 3.63) is 198 Å². The van der Waals surface area contributed by atoms with E-state index in [9.17, 15) is 0 Å². The molecule has 11 rings (SSSR count). The predicted octanol–water partition coefficient (Wildman–Crippen LogP) is 13.0. The molecule has 0 aliphatic heterocycles. The molecule has 0 N–H and O–H groups in total. The van der Waals surface area contributed by atoms with Crippen molar-refractivity contribution in [1.29, 1.82) is 0 Å². The molecule has 2 aliphatic carbocycles. The number of rotatable bonds is 5. The van der Waals surface area contributed by atoms with Gasteiger partial charge in [0.1, 0.15) is 16.0 Å². The standard InChI is InChI=1S/C50H35N3S/c1-50(43-11-5-2-8-40(43)41-9-3-6-12-44(41)50)45-30-37(22-24-39(45)36-20-18-32(19-21-36)35-26-28-51-29-27-35)33-14-16-34(17-15-33)38-23-25-47-52-48-42-10-4-7-13-46(42)54-49(48)53(47)31-38/h2-18,20,22-31H,19,21H2,1H3. The van der Waals surface area contributed by atoms with Gasteiger partial charge in [0.15, 0.2) is 0 Å². The molecule has 0 radical (unpaired) electrons. The Hall–Kier alpha value is -6.36. The van der Waals surface area contributed by atoms with Gasteiger partial charge in [0.25, 0.3) is 0 Å². The van der Waals surface area contributed by atoms with Crippen LogP contribution in [0, 0.1) is 0 Å². The lowest BCUT2D eigenvalue weighted by Crippen LogP contribution is -2.24. The van der Waals surface area contributed by atoms with Gasteiger partial charge in [-0.25, -0.2) is 4.98 Å². The van der Waals surface area contributed by atoms with E-state index in [-0.39, 0.29) is 5.41 Å². The highest BCUT2D eigenvalue weighted by Crippen LogP contribution is 2.54. The first-order chi connectivity index (χ1) is 26.6. The van der Waals surface area contributed by atoms with Gasteiger partial charge in [-0.2, -0.15) is 0 Å². The zero-order valence-electron chi connectivity index (χ0n) is 29.8. The fraction of sp³-hybridized carbons (Fsp3) is 0.0800. The Bertz CT molecular complexity index is 2950. The average molecular weight is 710 g/mol. The fourth-order valence-electron chi connectivity index (χ4n) is 9.01. The maximum absolute atomic E-state index is 4.99. The van der Waals surface area contributed by atoms with Crippen LogP contribution in [0.5, 0.6) is 0 Å². The minimum Gasteiger partial charge on any atom is -0.290 e. The van der Waals surface area contributed by atoms with Crippen LogP contribution in [0.4, 0.5) is 0 Å². The van der Waals surface area contributed by atoms with Gasteiger partial charge in [-0.1, -0.05) is 115 Å². The summed E-state index contributed by atoms with van der Waals surface area (Å²) in [4.78, 5) is 10.4. The van der Waals surface area contributed by atoms with Gasteiger partial charge < -0.3 is 0 Å². The second kappa shape index (κ2) is 12.1. The number of benzene rings is 5. The molecular formula is C50H35N3S. The van der Waals surface area contributed by atoms with Gasteiger partial charge in [0.2, 0.25) is 0 Å². The fourth-order valence-corrected chi connectivity index (χ4v) is 10.1. The highest BCUT2D eigenvalue weighted by atomic mass is 32.1. The largest absolute Gasteiger partial charge is 0.290 e. The minimum absolute atomic E-state index is 0.313. The van der Waals surface area contributed by atoms with Crippen LogP contribution in [-0.2, 0) is 5.41 Å². The molecule has 0 bridgehead atoms. The Morgan fingerprint density at radius 3 is 1.93 bits per heavy atom. The molecule has 5 aromatic carbocycles. The summed E-state index contributed by atoms with van der Waals surface area (Å²) in [5.41, 5.74) is 18.6. The summed E-state index contributed by atoms with van der Waals surface area (Å²) in [5, 5.41) is 1.22. The second-order valence-electron chi connectivity index (χ2n) is 14.7. The van der Waals surface area contributed by atoms with Crippen LogP contribution in [0.1, 0.15) is 47.6 Å². The SMILES string of the molecule is CC1(c2cc(-c3ccc(-c4ccc5nc6c7ccccc7sc6n5c4)cc3)ccc2C2=CC=C(c3ccncc3)CC2)c2ccccc2-c2ccccc21. The second-order valence-corrected chi connectivity index (χ2v) is 15.7. The number of thiophene rings is 1. The lowest BCUT2D eigenvalue weighted by molar-refractivity contribution is 0.711. The summed E-state index contributed by atoms with van der Waals surface area (Å²) in [6.07, 6.45) is 12.7. The molecular weight excluding hydrogens is 675 g/mol. The van der Waals surface area contributed by atoms with E-state index >= 15 is 0 Å². The predicted molar refractivity (Wildman–Crippen MR) is 226 cm³/mol. The van der Waals surface area contributed by atoms with E-state index in [1.807, 2.05) is 12.4 Å². The molecule has 4 heteroatoms. The lowest BCUT2D eigenvalue weighted by atomic mass is 9.70. The Labute approximate surface area is 318 Å². The first-order valence-electron chi connectivity index (χ1n) is 18.7. The van der Waals surface area contributed by atoms with Crippen molar-refractivity contribution in [3.63, 3.8) is 0 Å². The summed E-state index contributed by atoms with van der Waals surface area (Å²) < 4.78 is 3.52. The van der Waals surface area contributed by atoms with E-state index in [1.165, 1.54) is 87.3 Å². The van der Waals surface area contributed by atoms with E-state index in [2.05, 4.69) is 174 Å². The third kappa shape index (κ3) is 4.73. The molecule has 0 unspecified atom stereocenters. The van der Waals surface area contributed by atoms with Crippen molar-refractivity contribution < 1.29 is 0 Å². The molecule has 0 spiro atoms. The topological polar surface area (TPSA) is 30.2 Å². The molecule has 54 heavy (non-hydrogen) atoms. The maximum atomic E-state index is 4.99. The molecule has 0 atom stereocenters. The molecule has 3 nitrogen and oxygen atoms in total. The highest BCUT2D eigenvalue weighted by molar-refractivity contribution is 7.25. The van der Waals surface area contributed by atoms with E-state index in [0.29, 0.717) is 0 Å². The Balaban J connectivity index is 1.02. The number of hydrogen-bond donors (Lipinski definition) is 0. The highest BCUT2D eigenvalue weighted by Gasteiger charge is 2.42. The van der Waals surface area contributed by atoms with E-state index in [0.717, 1.165) is 24.0 Å². The lowest BCUT2D eigenvalue weighted by Gasteiger charge is -2.32. The third-order valence-electron chi connectivity index (χ3n) is 11.8. The van der Waals surface area contributed by atoms with Gasteiger partial charge in [0.05, 0.1) is 0 Å². The van der Waals surface area contributed by atoms with Crippen LogP contribution in [0.3, 0.4) is 0 Å². The van der Waals surface area contributed by atoms with Crippen molar-refractivity contribution in [3.8, 4) is 33.4 Å². The Kier molecular flexibility index (Phi) is 6.98. The number of allylic oxidation sites excluding steroid dienone is 4. The Morgan fingerprint density at radius 1 is 0.556 bits per heavy atom. The average Bonchev–Trinajstić information content (AvgIpc) is 3.88. The molecule has 2 aliphatic rings. The maximum Gasteiger partial charge on any atom is 0.138 e. The number of nitrogens with zero attached hydrogens (tertiary/aromatic N) is 3. The molecule has 4 aromatic heterocycles. The smallest absolute Gasteiger partial charge is 0.138 e. The summed E-state index contributed by atoms with van der Waals surface area (Å²) in [6.45, 7) is 2.44. The summed E-state index contributed by atoms with van der Waals surface area (Å²) in [7, 11) is 0. The van der Waals surface area contributed by atoms with Crippen LogP contribution < -0.4 is 0 Å². The van der Waals surface area contributed by atoms with E-state index in [4.69, 9.17) is 4.98 Å². The van der Waals surface area contributed by atoms with Crippen molar-refractivity contribution in [2.75, 3.05) is 0 Å². The van der Waals surface area contributed by atoms with Gasteiger partial charge in [-0.05, 0) is 129 Å². The number of hydrogen-bond acceptors (Lipinski definition) is 3. The third-order valence-corrected chi connectivity index (χ3v) is 13.0. The van der Waals surface area contributed by atoms with Crippen molar-refractivity contribution in [2.45, 2.75) is 25.2 Å². The number of pyridine rings is 2. The first kappa shape index (κ1) is 31.2. The monoisotopic (exact) mass is 709 g/mol. The van der Waals surface area contributed by atoms with E-state index < -0.39 is 0 Å². The van der Waals surface area contributed by atoms with Gasteiger partial charge in [-0.3, -0.25) is 9.38 Å². The minimum atomic E-state index is -0.313. The van der Waals surface area contributed by atoms with Crippen LogP contribution in [0.25, 0.3) is 70.6 Å². The Morgan fingerprint density at radius 2 is 1.19 bits per heavy atom. The normalized spacial score (nSPS) is 14.6. The number of aromatic nitrogens is 3. The molecule has 0 amide bonds. The number of fused-ring (bicyclic) bond motifs is 8. The molecule has 0 saturated carbocycles. The van der Waals surface area contributed by atoms with Crippen LogP contribution in [0.15, 0.2) is 170 Å². The first-order valence-corrected chi connectivity index (χ1v) is 19.5. The molecule has 9 aromatic rings. The van der Waals surface area contributed by atoms with Gasteiger partial charge >= 0.3 is 0 Å². The molecule has 0 saturated heterocycles. The van der Waals surface area contributed by atoms with Gasteiger partial charge in [-0.15, -0.1) is 11.3 Å². The van der Waals surface area contributed by atoms with Gasteiger partial charge in [0, 0.05) is 34.1 Å². The summed E-state index contributed by atoms with van der Waals surface area (Å²) in [6, 6.07) is 51.4. The molecule has 4 heterocycles. The zero-order valence-corrected chi connectivity index (χ0v) is 30.6. The summed E-state index contributed by atoms with van der Waals surface area (Å²) >= 11 is 1.81. The number of imidazole rings is 1. The van der Waals surface area contributed by atoms with Crippen molar-refractivity contribution in [2.24, 2.45) is 0 Å². The van der Waals surface area contributed by atoms with Crippen molar-refractivity contribution in [1.82, 2.24) is 14.4 Å². The van der Waals surface area contributed by atoms with E-state index in [1.54, 1.807) is 11.3 Å². The van der Waals surface area contributed by atoms with Crippen LogP contribution in [-0.4, -0.2) is 14.4 Å². The zero-order chi connectivity index (χ0) is 35.8. The molecule has 0 fully saturated rings. The molecule has 256 valence electrons. The van der Waals surface area contributed by atoms with Crippen molar-refractivity contribution >= 4 is 48.6 Å². The summed E-state index contributed by atoms with van der Waals surface area (Å²) in [5.74, 6) is 0. The quantitative estimate of drug-likeness (QED) is 0.178.